The van der Waals surface area contributed by atoms with Gasteiger partial charge in [0.25, 0.3) is 0 Å². The SMILES string of the molecule is COC1CCC2(C)C(=CCC3C2CCC2(C)C(NC(C)=O)=CCC32)C1. The molecule has 0 aliphatic heterocycles. The average Bonchev–Trinajstić information content (AvgIpc) is 2.90. The van der Waals surface area contributed by atoms with Crippen LogP contribution in [-0.4, -0.2) is 19.1 Å². The predicted octanol–water partition coefficient (Wildman–Crippen LogP) is 4.59. The Morgan fingerprint density at radius 1 is 1.12 bits per heavy atom. The summed E-state index contributed by atoms with van der Waals surface area (Å²) >= 11 is 0. The Bertz CT molecular complexity index is 636. The third kappa shape index (κ3) is 2.53. The highest BCUT2D eigenvalue weighted by Crippen LogP contribution is 2.64. The van der Waals surface area contributed by atoms with Gasteiger partial charge in [-0.3, -0.25) is 4.79 Å². The van der Waals surface area contributed by atoms with Crippen LogP contribution in [0.25, 0.3) is 0 Å². The molecule has 2 saturated carbocycles. The second kappa shape index (κ2) is 5.97. The molecule has 0 aromatic heterocycles. The van der Waals surface area contributed by atoms with Crippen molar-refractivity contribution in [3.8, 4) is 0 Å². The van der Waals surface area contributed by atoms with E-state index in [0.717, 1.165) is 24.7 Å². The first-order valence-electron chi connectivity index (χ1n) is 10.1. The highest BCUT2D eigenvalue weighted by molar-refractivity contribution is 5.75. The van der Waals surface area contributed by atoms with Crippen molar-refractivity contribution in [2.24, 2.45) is 28.6 Å². The monoisotopic (exact) mass is 343 g/mol. The minimum Gasteiger partial charge on any atom is -0.381 e. The van der Waals surface area contributed by atoms with E-state index >= 15 is 0 Å². The van der Waals surface area contributed by atoms with Crippen LogP contribution in [0.3, 0.4) is 0 Å². The number of methoxy groups -OCH3 is 1. The van der Waals surface area contributed by atoms with Gasteiger partial charge in [0, 0.05) is 25.1 Å². The molecule has 0 radical (unpaired) electrons. The van der Waals surface area contributed by atoms with Crippen LogP contribution < -0.4 is 5.32 Å². The summed E-state index contributed by atoms with van der Waals surface area (Å²) < 4.78 is 5.67. The second-order valence-corrected chi connectivity index (χ2v) is 9.35. The second-order valence-electron chi connectivity index (χ2n) is 9.35. The number of carbonyl (C=O) groups excluding carboxylic acids is 1. The molecule has 0 aromatic rings. The first kappa shape index (κ1) is 17.3. The zero-order chi connectivity index (χ0) is 17.8. The van der Waals surface area contributed by atoms with Crippen molar-refractivity contribution in [2.75, 3.05) is 7.11 Å². The number of ether oxygens (including phenoxy) is 1. The van der Waals surface area contributed by atoms with Crippen molar-refractivity contribution in [1.29, 1.82) is 0 Å². The maximum atomic E-state index is 11.6. The largest absolute Gasteiger partial charge is 0.381 e. The molecule has 1 amide bonds. The van der Waals surface area contributed by atoms with Gasteiger partial charge >= 0.3 is 0 Å². The molecule has 3 nitrogen and oxygen atoms in total. The van der Waals surface area contributed by atoms with E-state index in [1.54, 1.807) is 12.5 Å². The summed E-state index contributed by atoms with van der Waals surface area (Å²) in [6.07, 6.45) is 13.8. The van der Waals surface area contributed by atoms with Crippen LogP contribution in [0.5, 0.6) is 0 Å². The van der Waals surface area contributed by atoms with Crippen molar-refractivity contribution >= 4 is 5.91 Å². The molecule has 6 atom stereocenters. The summed E-state index contributed by atoms with van der Waals surface area (Å²) in [7, 11) is 1.86. The van der Waals surface area contributed by atoms with Crippen molar-refractivity contribution in [2.45, 2.75) is 71.8 Å². The first-order chi connectivity index (χ1) is 11.9. The maximum absolute atomic E-state index is 11.6. The molecule has 0 spiro atoms. The smallest absolute Gasteiger partial charge is 0.221 e. The van der Waals surface area contributed by atoms with Crippen molar-refractivity contribution in [1.82, 2.24) is 5.32 Å². The van der Waals surface area contributed by atoms with Crippen molar-refractivity contribution < 1.29 is 9.53 Å². The predicted molar refractivity (Wildman–Crippen MR) is 99.8 cm³/mol. The molecule has 0 heterocycles. The van der Waals surface area contributed by atoms with Crippen LogP contribution in [0, 0.1) is 28.6 Å². The maximum Gasteiger partial charge on any atom is 0.221 e. The van der Waals surface area contributed by atoms with E-state index in [1.165, 1.54) is 37.8 Å². The number of amides is 1. The fourth-order valence-corrected chi connectivity index (χ4v) is 6.78. The molecular weight excluding hydrogens is 310 g/mol. The number of nitrogens with one attached hydrogen (secondary N) is 1. The van der Waals surface area contributed by atoms with E-state index < -0.39 is 0 Å². The molecule has 138 valence electrons. The van der Waals surface area contributed by atoms with Gasteiger partial charge in [0.1, 0.15) is 0 Å². The topological polar surface area (TPSA) is 38.3 Å². The fraction of sp³-hybridized carbons (Fsp3) is 0.773. The Hall–Kier alpha value is -1.09. The molecule has 0 bridgehead atoms. The molecule has 4 aliphatic rings. The minimum atomic E-state index is 0.0749. The van der Waals surface area contributed by atoms with Crippen LogP contribution in [0.15, 0.2) is 23.4 Å². The quantitative estimate of drug-likeness (QED) is 0.745. The van der Waals surface area contributed by atoms with E-state index in [2.05, 4.69) is 31.3 Å². The molecule has 25 heavy (non-hydrogen) atoms. The van der Waals surface area contributed by atoms with Gasteiger partial charge in [0.15, 0.2) is 0 Å². The van der Waals surface area contributed by atoms with Gasteiger partial charge in [-0.25, -0.2) is 0 Å². The van der Waals surface area contributed by atoms with Gasteiger partial charge in [-0.2, -0.15) is 0 Å². The van der Waals surface area contributed by atoms with E-state index in [0.29, 0.717) is 17.4 Å². The lowest BCUT2D eigenvalue weighted by Crippen LogP contribution is -2.51. The number of allylic oxidation sites excluding steroid dienone is 3. The van der Waals surface area contributed by atoms with Crippen LogP contribution in [0.2, 0.25) is 0 Å². The molecule has 6 unspecified atom stereocenters. The van der Waals surface area contributed by atoms with Gasteiger partial charge in [-0.15, -0.1) is 0 Å². The molecular formula is C22H33NO2. The van der Waals surface area contributed by atoms with Crippen LogP contribution in [0.1, 0.15) is 65.7 Å². The summed E-state index contributed by atoms with van der Waals surface area (Å²) in [5.74, 6) is 2.32. The van der Waals surface area contributed by atoms with E-state index in [9.17, 15) is 4.79 Å². The fourth-order valence-electron chi connectivity index (χ4n) is 6.78. The molecule has 0 aromatic carbocycles. The lowest BCUT2D eigenvalue weighted by Gasteiger charge is -2.57. The highest BCUT2D eigenvalue weighted by Gasteiger charge is 2.56. The Morgan fingerprint density at radius 2 is 1.88 bits per heavy atom. The summed E-state index contributed by atoms with van der Waals surface area (Å²) in [6.45, 7) is 6.56. The third-order valence-corrected chi connectivity index (χ3v) is 8.28. The van der Waals surface area contributed by atoms with Gasteiger partial charge in [-0.1, -0.05) is 31.6 Å². The van der Waals surface area contributed by atoms with Crippen LogP contribution >= 0.6 is 0 Å². The molecule has 2 fully saturated rings. The minimum absolute atomic E-state index is 0.0749. The number of hydrogen-bond acceptors (Lipinski definition) is 2. The zero-order valence-electron chi connectivity index (χ0n) is 16.2. The van der Waals surface area contributed by atoms with Gasteiger partial charge < -0.3 is 10.1 Å². The number of hydrogen-bond donors (Lipinski definition) is 1. The van der Waals surface area contributed by atoms with E-state index in [1.807, 2.05) is 7.11 Å². The Balaban J connectivity index is 1.60. The molecule has 1 N–H and O–H groups in total. The van der Waals surface area contributed by atoms with Gasteiger partial charge in [0.2, 0.25) is 5.91 Å². The van der Waals surface area contributed by atoms with Gasteiger partial charge in [0.05, 0.1) is 6.10 Å². The Kier molecular flexibility index (Phi) is 4.14. The van der Waals surface area contributed by atoms with Crippen LogP contribution in [0.4, 0.5) is 0 Å². The van der Waals surface area contributed by atoms with E-state index in [4.69, 9.17) is 4.74 Å². The highest BCUT2D eigenvalue weighted by atomic mass is 16.5. The Labute approximate surface area is 152 Å². The van der Waals surface area contributed by atoms with Crippen molar-refractivity contribution in [3.05, 3.63) is 23.4 Å². The molecule has 4 rings (SSSR count). The van der Waals surface area contributed by atoms with E-state index in [-0.39, 0.29) is 11.3 Å². The molecule has 3 heteroatoms. The normalized spacial score (nSPS) is 45.6. The zero-order valence-corrected chi connectivity index (χ0v) is 16.2. The van der Waals surface area contributed by atoms with Gasteiger partial charge in [-0.05, 0) is 68.1 Å². The summed E-state index contributed by atoms with van der Waals surface area (Å²) in [4.78, 5) is 11.6. The number of rotatable bonds is 2. The lowest BCUT2D eigenvalue weighted by molar-refractivity contribution is -0.118. The molecule has 0 saturated heterocycles. The Morgan fingerprint density at radius 3 is 2.60 bits per heavy atom. The third-order valence-electron chi connectivity index (χ3n) is 8.28. The van der Waals surface area contributed by atoms with Crippen molar-refractivity contribution in [3.63, 3.8) is 0 Å². The number of fused-ring (bicyclic) bond motifs is 5. The first-order valence-corrected chi connectivity index (χ1v) is 10.1. The number of carbonyl (C=O) groups is 1. The van der Waals surface area contributed by atoms with Crippen LogP contribution in [-0.2, 0) is 9.53 Å². The molecule has 4 aliphatic carbocycles. The lowest BCUT2D eigenvalue weighted by atomic mass is 9.48. The summed E-state index contributed by atoms with van der Waals surface area (Å²) in [5, 5.41) is 3.15. The standard InChI is InChI=1S/C22H33NO2/c1-14(24)23-20-8-7-18-17-6-5-15-13-16(25-4)9-11-21(15,2)19(17)10-12-22(18,20)3/h5,8,16-19H,6-7,9-13H2,1-4H3,(H,23,24). The average molecular weight is 344 g/mol. The summed E-state index contributed by atoms with van der Waals surface area (Å²) in [6, 6.07) is 0. The summed E-state index contributed by atoms with van der Waals surface area (Å²) in [5.41, 5.74) is 3.41.